The van der Waals surface area contributed by atoms with E-state index in [4.69, 9.17) is 4.74 Å². The zero-order valence-corrected chi connectivity index (χ0v) is 18.4. The van der Waals surface area contributed by atoms with Gasteiger partial charge in [-0.1, -0.05) is 6.07 Å². The number of anilines is 1. The second kappa shape index (κ2) is 12.3. The number of piperidine rings is 1. The van der Waals surface area contributed by atoms with E-state index in [9.17, 15) is 4.39 Å². The van der Waals surface area contributed by atoms with Crippen LogP contribution in [0.3, 0.4) is 0 Å². The van der Waals surface area contributed by atoms with Crippen LogP contribution in [0.15, 0.2) is 29.3 Å². The lowest BCUT2D eigenvalue weighted by molar-refractivity contribution is 0.0264. The molecule has 1 aliphatic rings. The summed E-state index contributed by atoms with van der Waals surface area (Å²) in [6.07, 6.45) is 3.45. The van der Waals surface area contributed by atoms with Crippen LogP contribution < -0.4 is 10.2 Å². The first-order valence-electron chi connectivity index (χ1n) is 9.18. The van der Waals surface area contributed by atoms with Gasteiger partial charge in [-0.25, -0.2) is 4.39 Å². The fourth-order valence-corrected chi connectivity index (χ4v) is 3.16. The molecule has 1 heterocycles. The first-order chi connectivity index (χ1) is 12.1. The predicted molar refractivity (Wildman–Crippen MR) is 117 cm³/mol. The summed E-state index contributed by atoms with van der Waals surface area (Å²) in [4.78, 5) is 8.76. The highest BCUT2D eigenvalue weighted by Gasteiger charge is 2.21. The number of rotatable bonds is 7. The summed E-state index contributed by atoms with van der Waals surface area (Å²) < 4.78 is 19.0. The molecule has 1 saturated heterocycles. The minimum atomic E-state index is -0.196. The average Bonchev–Trinajstić information content (AvgIpc) is 2.63. The highest BCUT2D eigenvalue weighted by Crippen LogP contribution is 2.15. The highest BCUT2D eigenvalue weighted by molar-refractivity contribution is 14.0. The van der Waals surface area contributed by atoms with E-state index >= 15 is 0 Å². The Morgan fingerprint density at radius 1 is 1.38 bits per heavy atom. The van der Waals surface area contributed by atoms with Gasteiger partial charge in [-0.05, 0) is 44.4 Å². The molecule has 2 rings (SSSR count). The van der Waals surface area contributed by atoms with Crippen molar-refractivity contribution < 1.29 is 9.13 Å². The molecule has 0 bridgehead atoms. The molecule has 5 nitrogen and oxygen atoms in total. The van der Waals surface area contributed by atoms with E-state index in [1.807, 2.05) is 27.1 Å². The number of likely N-dealkylation sites (tertiary alicyclic amines) is 1. The molecule has 7 heteroatoms. The first-order valence-corrected chi connectivity index (χ1v) is 9.18. The standard InChI is InChI=1S/C19H31FN4O.HI/c1-4-25-18-9-13-24(14-10-18)19(21-2)22-11-6-12-23(3)17-8-5-7-16(20)15-17;/h5,7-8,15,18H,4,6,9-14H2,1-3H3,(H,21,22);1H. The van der Waals surface area contributed by atoms with Crippen LogP contribution in [0.2, 0.25) is 0 Å². The third-order valence-corrected chi connectivity index (χ3v) is 4.56. The molecule has 0 spiro atoms. The largest absolute Gasteiger partial charge is 0.378 e. The Morgan fingerprint density at radius 2 is 2.12 bits per heavy atom. The molecular weight excluding hydrogens is 446 g/mol. The summed E-state index contributed by atoms with van der Waals surface area (Å²) in [6, 6.07) is 6.71. The summed E-state index contributed by atoms with van der Waals surface area (Å²) in [5, 5.41) is 3.44. The van der Waals surface area contributed by atoms with Crippen LogP contribution in [0.4, 0.5) is 10.1 Å². The van der Waals surface area contributed by atoms with Crippen molar-refractivity contribution in [3.8, 4) is 0 Å². The van der Waals surface area contributed by atoms with Gasteiger partial charge in [0, 0.05) is 52.6 Å². The van der Waals surface area contributed by atoms with Gasteiger partial charge >= 0.3 is 0 Å². The Bertz CT molecular complexity index is 550. The molecule has 0 atom stereocenters. The van der Waals surface area contributed by atoms with E-state index in [0.29, 0.717) is 6.10 Å². The van der Waals surface area contributed by atoms with Gasteiger partial charge in [0.2, 0.25) is 0 Å². The van der Waals surface area contributed by atoms with Gasteiger partial charge in [0.05, 0.1) is 6.10 Å². The maximum absolute atomic E-state index is 13.3. The Balaban J connectivity index is 0.00000338. The van der Waals surface area contributed by atoms with Gasteiger partial charge < -0.3 is 19.9 Å². The van der Waals surface area contributed by atoms with Gasteiger partial charge in [-0.2, -0.15) is 0 Å². The Labute approximate surface area is 174 Å². The van der Waals surface area contributed by atoms with Crippen LogP contribution in [0.5, 0.6) is 0 Å². The molecule has 148 valence electrons. The van der Waals surface area contributed by atoms with Gasteiger partial charge in [0.1, 0.15) is 5.82 Å². The van der Waals surface area contributed by atoms with Gasteiger partial charge in [-0.15, -0.1) is 24.0 Å². The van der Waals surface area contributed by atoms with E-state index in [2.05, 4.69) is 20.1 Å². The monoisotopic (exact) mass is 478 g/mol. The summed E-state index contributed by atoms with van der Waals surface area (Å²) in [5.74, 6) is 0.765. The molecule has 1 aromatic carbocycles. The topological polar surface area (TPSA) is 40.1 Å². The molecule has 0 unspecified atom stereocenters. The third-order valence-electron chi connectivity index (χ3n) is 4.56. The van der Waals surface area contributed by atoms with Crippen LogP contribution in [-0.2, 0) is 4.74 Å². The van der Waals surface area contributed by atoms with Gasteiger partial charge in [-0.3, -0.25) is 4.99 Å². The summed E-state index contributed by atoms with van der Waals surface area (Å²) in [7, 11) is 3.82. The van der Waals surface area contributed by atoms with E-state index in [0.717, 1.165) is 63.7 Å². The van der Waals surface area contributed by atoms with Crippen molar-refractivity contribution in [3.63, 3.8) is 0 Å². The van der Waals surface area contributed by atoms with Gasteiger partial charge in [0.15, 0.2) is 5.96 Å². The SMILES string of the molecule is CCOC1CCN(C(=NC)NCCCN(C)c2cccc(F)c2)CC1.I. The summed E-state index contributed by atoms with van der Waals surface area (Å²) in [6.45, 7) is 6.50. The van der Waals surface area contributed by atoms with Crippen LogP contribution in [0.25, 0.3) is 0 Å². The number of nitrogens with zero attached hydrogens (tertiary/aromatic N) is 3. The average molecular weight is 478 g/mol. The minimum absolute atomic E-state index is 0. The number of hydrogen-bond acceptors (Lipinski definition) is 3. The lowest BCUT2D eigenvalue weighted by Gasteiger charge is -2.34. The molecule has 0 saturated carbocycles. The fourth-order valence-electron chi connectivity index (χ4n) is 3.16. The molecule has 1 aliphatic heterocycles. The van der Waals surface area contributed by atoms with Gasteiger partial charge in [0.25, 0.3) is 0 Å². The lowest BCUT2D eigenvalue weighted by atomic mass is 10.1. The molecule has 0 aromatic heterocycles. The molecule has 0 radical (unpaired) electrons. The number of benzene rings is 1. The van der Waals surface area contributed by atoms with Crippen molar-refractivity contribution in [1.82, 2.24) is 10.2 Å². The Kier molecular flexibility index (Phi) is 10.9. The number of hydrogen-bond donors (Lipinski definition) is 1. The minimum Gasteiger partial charge on any atom is -0.378 e. The van der Waals surface area contributed by atoms with Crippen molar-refractivity contribution in [3.05, 3.63) is 30.1 Å². The zero-order valence-electron chi connectivity index (χ0n) is 16.1. The second-order valence-electron chi connectivity index (χ2n) is 6.37. The number of halogens is 2. The van der Waals surface area contributed by atoms with E-state index in [-0.39, 0.29) is 29.8 Å². The fraction of sp³-hybridized carbons (Fsp3) is 0.632. The van der Waals surface area contributed by atoms with Crippen molar-refractivity contribution in [1.29, 1.82) is 0 Å². The Hall–Kier alpha value is -1.09. The zero-order chi connectivity index (χ0) is 18.1. The predicted octanol–water partition coefficient (Wildman–Crippen LogP) is 3.35. The summed E-state index contributed by atoms with van der Waals surface area (Å²) >= 11 is 0. The second-order valence-corrected chi connectivity index (χ2v) is 6.37. The third kappa shape index (κ3) is 7.26. The number of guanidine groups is 1. The Morgan fingerprint density at radius 3 is 2.73 bits per heavy atom. The van der Waals surface area contributed by atoms with Crippen LogP contribution in [-0.4, -0.2) is 63.8 Å². The van der Waals surface area contributed by atoms with E-state index in [1.54, 1.807) is 12.1 Å². The van der Waals surface area contributed by atoms with E-state index < -0.39 is 0 Å². The number of nitrogens with one attached hydrogen (secondary N) is 1. The number of aliphatic imine (C=N–C) groups is 1. The maximum Gasteiger partial charge on any atom is 0.193 e. The normalized spacial score (nSPS) is 15.5. The van der Waals surface area contributed by atoms with E-state index in [1.165, 1.54) is 6.07 Å². The highest BCUT2D eigenvalue weighted by atomic mass is 127. The van der Waals surface area contributed by atoms with Crippen molar-refractivity contribution >= 4 is 35.6 Å². The maximum atomic E-state index is 13.3. The quantitative estimate of drug-likeness (QED) is 0.283. The van der Waals surface area contributed by atoms with Crippen molar-refractivity contribution in [2.24, 2.45) is 4.99 Å². The van der Waals surface area contributed by atoms with Crippen LogP contribution >= 0.6 is 24.0 Å². The molecule has 1 fully saturated rings. The first kappa shape index (κ1) is 23.0. The lowest BCUT2D eigenvalue weighted by Crippen LogP contribution is -2.47. The molecule has 1 N–H and O–H groups in total. The molecular formula is C19H32FIN4O. The smallest absolute Gasteiger partial charge is 0.193 e. The molecule has 26 heavy (non-hydrogen) atoms. The molecule has 0 aliphatic carbocycles. The van der Waals surface area contributed by atoms with Crippen molar-refractivity contribution in [2.45, 2.75) is 32.3 Å². The van der Waals surface area contributed by atoms with Crippen molar-refractivity contribution in [2.75, 3.05) is 51.8 Å². The number of ether oxygens (including phenoxy) is 1. The molecule has 1 aromatic rings. The van der Waals surface area contributed by atoms with Crippen LogP contribution in [0, 0.1) is 5.82 Å². The molecule has 0 amide bonds. The van der Waals surface area contributed by atoms with Crippen LogP contribution in [0.1, 0.15) is 26.2 Å². The summed E-state index contributed by atoms with van der Waals surface area (Å²) in [5.41, 5.74) is 0.905.